The number of ether oxygens (including phenoxy) is 1. The summed E-state index contributed by atoms with van der Waals surface area (Å²) in [5, 5.41) is 9.83. The van der Waals surface area contributed by atoms with Gasteiger partial charge in [0.2, 0.25) is 5.91 Å². The van der Waals surface area contributed by atoms with Gasteiger partial charge in [0.15, 0.2) is 0 Å². The fraction of sp³-hybridized carbons (Fsp3) is 0.222. The topological polar surface area (TPSA) is 62.1 Å². The average molecular weight is 310 g/mol. The summed E-state index contributed by atoms with van der Waals surface area (Å²) in [6.45, 7) is 0.777. The van der Waals surface area contributed by atoms with Crippen LogP contribution in [0.25, 0.3) is 0 Å². The van der Waals surface area contributed by atoms with Crippen molar-refractivity contribution in [1.29, 1.82) is 0 Å². The monoisotopic (exact) mass is 310 g/mol. The molecule has 5 nitrogen and oxygen atoms in total. The summed E-state index contributed by atoms with van der Waals surface area (Å²) in [7, 11) is 1.58. The van der Waals surface area contributed by atoms with E-state index in [0.717, 1.165) is 24.3 Å². The second kappa shape index (κ2) is 6.52. The van der Waals surface area contributed by atoms with Gasteiger partial charge in [-0.3, -0.25) is 9.79 Å². The highest BCUT2D eigenvalue weighted by atomic mass is 16.5. The van der Waals surface area contributed by atoms with Gasteiger partial charge in [-0.15, -0.1) is 0 Å². The first kappa shape index (κ1) is 15.1. The molecule has 118 valence electrons. The molecule has 3 rings (SSSR count). The zero-order valence-electron chi connectivity index (χ0n) is 12.9. The number of benzene rings is 2. The van der Waals surface area contributed by atoms with Crippen molar-refractivity contribution in [2.75, 3.05) is 18.6 Å². The molecule has 1 aliphatic rings. The lowest BCUT2D eigenvalue weighted by Gasteiger charge is -2.15. The smallest absolute Gasteiger partial charge is 0.227 e. The molecule has 2 aromatic rings. The van der Waals surface area contributed by atoms with Crippen LogP contribution in [0.2, 0.25) is 0 Å². The van der Waals surface area contributed by atoms with Crippen LogP contribution in [0, 0.1) is 0 Å². The number of aliphatic imine (C=N–C) groups is 1. The highest BCUT2D eigenvalue weighted by Crippen LogP contribution is 2.25. The fourth-order valence-corrected chi connectivity index (χ4v) is 2.55. The third-order valence-electron chi connectivity index (χ3n) is 3.82. The van der Waals surface area contributed by atoms with Crippen LogP contribution < -0.4 is 9.64 Å². The van der Waals surface area contributed by atoms with Crippen molar-refractivity contribution < 1.29 is 14.6 Å². The number of hydrogen-bond acceptors (Lipinski definition) is 4. The minimum absolute atomic E-state index is 0.147. The first-order valence-electron chi connectivity index (χ1n) is 7.49. The minimum Gasteiger partial charge on any atom is -0.507 e. The van der Waals surface area contributed by atoms with Gasteiger partial charge in [-0.05, 0) is 48.9 Å². The maximum Gasteiger partial charge on any atom is 0.227 e. The van der Waals surface area contributed by atoms with Crippen molar-refractivity contribution in [2.24, 2.45) is 4.99 Å². The molecule has 0 radical (unpaired) electrons. The highest BCUT2D eigenvalue weighted by Gasteiger charge is 2.21. The summed E-state index contributed by atoms with van der Waals surface area (Å²) in [6.07, 6.45) is 3.12. The average Bonchev–Trinajstić information content (AvgIpc) is 3.01. The largest absolute Gasteiger partial charge is 0.507 e. The maximum absolute atomic E-state index is 11.7. The van der Waals surface area contributed by atoms with Crippen molar-refractivity contribution in [1.82, 2.24) is 0 Å². The minimum atomic E-state index is 0.147. The highest BCUT2D eigenvalue weighted by molar-refractivity contribution is 5.95. The standard InChI is InChI=1S/C18H18N2O3/c1-23-16-8-9-17(21)13(11-16)12-19-14-4-6-15(7-5-14)20-10-2-3-18(20)22/h4-9,11-12,21H,2-3,10H2,1H3. The number of methoxy groups -OCH3 is 1. The second-order valence-corrected chi connectivity index (χ2v) is 5.35. The summed E-state index contributed by atoms with van der Waals surface area (Å²) in [6, 6.07) is 12.5. The number of aromatic hydroxyl groups is 1. The van der Waals surface area contributed by atoms with Crippen LogP contribution in [0.15, 0.2) is 47.5 Å². The van der Waals surface area contributed by atoms with Gasteiger partial charge >= 0.3 is 0 Å². The predicted molar refractivity (Wildman–Crippen MR) is 89.9 cm³/mol. The van der Waals surface area contributed by atoms with Gasteiger partial charge in [0.05, 0.1) is 12.8 Å². The molecular weight excluding hydrogens is 292 g/mol. The van der Waals surface area contributed by atoms with Crippen LogP contribution in [-0.4, -0.2) is 30.9 Å². The lowest BCUT2D eigenvalue weighted by Crippen LogP contribution is -2.23. The van der Waals surface area contributed by atoms with Crippen molar-refractivity contribution in [3.63, 3.8) is 0 Å². The van der Waals surface area contributed by atoms with Crippen LogP contribution >= 0.6 is 0 Å². The van der Waals surface area contributed by atoms with Crippen LogP contribution in [0.5, 0.6) is 11.5 Å². The van der Waals surface area contributed by atoms with Crippen molar-refractivity contribution in [3.8, 4) is 11.5 Å². The second-order valence-electron chi connectivity index (χ2n) is 5.35. The number of carbonyl (C=O) groups excluding carboxylic acids is 1. The third kappa shape index (κ3) is 3.34. The first-order chi connectivity index (χ1) is 11.2. The number of phenols is 1. The Kier molecular flexibility index (Phi) is 4.28. The van der Waals surface area contributed by atoms with E-state index in [4.69, 9.17) is 4.74 Å². The summed E-state index contributed by atoms with van der Waals surface area (Å²) < 4.78 is 5.13. The molecule has 2 aromatic carbocycles. The summed E-state index contributed by atoms with van der Waals surface area (Å²) in [5.41, 5.74) is 2.24. The Balaban J connectivity index is 1.76. The SMILES string of the molecule is COc1ccc(O)c(C=Nc2ccc(N3CCCC3=O)cc2)c1. The Morgan fingerprint density at radius 3 is 2.65 bits per heavy atom. The molecule has 1 saturated heterocycles. The number of rotatable bonds is 4. The Hall–Kier alpha value is -2.82. The zero-order chi connectivity index (χ0) is 16.2. The molecule has 0 bridgehead atoms. The number of nitrogens with zero attached hydrogens (tertiary/aromatic N) is 2. The molecule has 1 fully saturated rings. The molecule has 5 heteroatoms. The van der Waals surface area contributed by atoms with E-state index in [2.05, 4.69) is 4.99 Å². The van der Waals surface area contributed by atoms with Crippen molar-refractivity contribution in [2.45, 2.75) is 12.8 Å². The molecular formula is C18H18N2O3. The van der Waals surface area contributed by atoms with Gasteiger partial charge in [0.1, 0.15) is 11.5 Å². The third-order valence-corrected chi connectivity index (χ3v) is 3.82. The maximum atomic E-state index is 11.7. The molecule has 23 heavy (non-hydrogen) atoms. The molecule has 1 amide bonds. The van der Waals surface area contributed by atoms with E-state index in [9.17, 15) is 9.90 Å². The number of hydrogen-bond donors (Lipinski definition) is 1. The Bertz CT molecular complexity index is 738. The molecule has 0 saturated carbocycles. The number of anilines is 1. The van der Waals surface area contributed by atoms with Gasteiger partial charge < -0.3 is 14.7 Å². The van der Waals surface area contributed by atoms with Crippen molar-refractivity contribution >= 4 is 23.5 Å². The van der Waals surface area contributed by atoms with E-state index in [-0.39, 0.29) is 11.7 Å². The Morgan fingerprint density at radius 2 is 2.00 bits per heavy atom. The molecule has 0 atom stereocenters. The van der Waals surface area contributed by atoms with Gasteiger partial charge in [-0.2, -0.15) is 0 Å². The molecule has 1 N–H and O–H groups in total. The van der Waals surface area contributed by atoms with Gasteiger partial charge in [-0.1, -0.05) is 0 Å². The molecule has 0 aromatic heterocycles. The number of amides is 1. The van der Waals surface area contributed by atoms with Gasteiger partial charge in [0.25, 0.3) is 0 Å². The normalized spacial score (nSPS) is 14.7. The zero-order valence-corrected chi connectivity index (χ0v) is 12.9. The molecule has 1 heterocycles. The predicted octanol–water partition coefficient (Wildman–Crippen LogP) is 3.28. The van der Waals surface area contributed by atoms with E-state index in [1.807, 2.05) is 24.3 Å². The lowest BCUT2D eigenvalue weighted by atomic mass is 10.2. The number of phenolic OH excluding ortho intramolecular Hbond substituents is 1. The van der Waals surface area contributed by atoms with E-state index in [1.54, 1.807) is 36.4 Å². The van der Waals surface area contributed by atoms with E-state index in [0.29, 0.717) is 17.7 Å². The quantitative estimate of drug-likeness (QED) is 0.882. The van der Waals surface area contributed by atoms with Crippen LogP contribution in [0.1, 0.15) is 18.4 Å². The molecule has 0 unspecified atom stereocenters. The van der Waals surface area contributed by atoms with Crippen molar-refractivity contribution in [3.05, 3.63) is 48.0 Å². The summed E-state index contributed by atoms with van der Waals surface area (Å²) >= 11 is 0. The lowest BCUT2D eigenvalue weighted by molar-refractivity contribution is -0.117. The summed E-state index contributed by atoms with van der Waals surface area (Å²) in [4.78, 5) is 17.9. The van der Waals surface area contributed by atoms with E-state index < -0.39 is 0 Å². The van der Waals surface area contributed by atoms with Crippen LogP contribution in [0.4, 0.5) is 11.4 Å². The van der Waals surface area contributed by atoms with Crippen LogP contribution in [-0.2, 0) is 4.79 Å². The fourth-order valence-electron chi connectivity index (χ4n) is 2.55. The van der Waals surface area contributed by atoms with Crippen LogP contribution in [0.3, 0.4) is 0 Å². The molecule has 1 aliphatic heterocycles. The summed E-state index contributed by atoms with van der Waals surface area (Å²) in [5.74, 6) is 0.975. The first-order valence-corrected chi connectivity index (χ1v) is 7.49. The van der Waals surface area contributed by atoms with E-state index in [1.165, 1.54) is 0 Å². The molecule has 0 spiro atoms. The molecule has 0 aliphatic carbocycles. The van der Waals surface area contributed by atoms with Gasteiger partial charge in [-0.25, -0.2) is 0 Å². The Morgan fingerprint density at radius 1 is 1.22 bits per heavy atom. The van der Waals surface area contributed by atoms with Gasteiger partial charge in [0, 0.05) is 30.4 Å². The van der Waals surface area contributed by atoms with E-state index >= 15 is 0 Å². The Labute approximate surface area is 134 Å². The number of carbonyl (C=O) groups is 1.